The Morgan fingerprint density at radius 2 is 2.20 bits per heavy atom. The van der Waals surface area contributed by atoms with Gasteiger partial charge in [-0.15, -0.1) is 5.10 Å². The van der Waals surface area contributed by atoms with Gasteiger partial charge in [-0.05, 0) is 39.4 Å². The van der Waals surface area contributed by atoms with Crippen molar-refractivity contribution in [3.8, 4) is 10.9 Å². The first-order valence-electron chi connectivity index (χ1n) is 3.77. The second-order valence-corrected chi connectivity index (χ2v) is 5.10. The molecule has 1 aromatic heterocycles. The minimum atomic E-state index is -0.606. The Balaban J connectivity index is 2.28. The standard InChI is InChI=1S/C8H3BrClFN2OS/c9-7-12-13-8(15-7)14-5-3-1-2-4(10)6(5)11/h1-3H. The third-order valence-corrected chi connectivity index (χ3v) is 3.02. The SMILES string of the molecule is Fc1c(Cl)cccc1Oc1nnc(Br)s1. The minimum Gasteiger partial charge on any atom is -0.427 e. The molecule has 0 aliphatic heterocycles. The molecular formula is C8H3BrClFN2OS. The highest BCUT2D eigenvalue weighted by Gasteiger charge is 2.10. The van der Waals surface area contributed by atoms with E-state index in [1.807, 2.05) is 0 Å². The Bertz CT molecular complexity index is 493. The summed E-state index contributed by atoms with van der Waals surface area (Å²) in [4.78, 5) is 0. The maximum Gasteiger partial charge on any atom is 0.300 e. The zero-order chi connectivity index (χ0) is 10.8. The Labute approximate surface area is 102 Å². The van der Waals surface area contributed by atoms with E-state index in [1.54, 1.807) is 6.07 Å². The molecule has 0 aliphatic carbocycles. The molecule has 0 unspecified atom stereocenters. The molecule has 0 saturated heterocycles. The van der Waals surface area contributed by atoms with E-state index in [-0.39, 0.29) is 16.0 Å². The lowest BCUT2D eigenvalue weighted by Crippen LogP contribution is -1.88. The fraction of sp³-hybridized carbons (Fsp3) is 0. The molecule has 0 N–H and O–H groups in total. The molecular weight excluding hydrogens is 307 g/mol. The molecule has 0 saturated carbocycles. The van der Waals surface area contributed by atoms with Gasteiger partial charge in [-0.2, -0.15) is 0 Å². The number of ether oxygens (including phenoxy) is 1. The summed E-state index contributed by atoms with van der Waals surface area (Å²) in [6.07, 6.45) is 0. The average Bonchev–Trinajstić information content (AvgIpc) is 2.59. The Morgan fingerprint density at radius 1 is 1.40 bits per heavy atom. The van der Waals surface area contributed by atoms with E-state index < -0.39 is 5.82 Å². The van der Waals surface area contributed by atoms with Crippen LogP contribution in [0, 0.1) is 5.82 Å². The van der Waals surface area contributed by atoms with Crippen LogP contribution in [0.15, 0.2) is 22.1 Å². The van der Waals surface area contributed by atoms with Crippen LogP contribution in [0.1, 0.15) is 0 Å². The number of benzene rings is 1. The van der Waals surface area contributed by atoms with Crippen molar-refractivity contribution in [2.24, 2.45) is 0 Å². The van der Waals surface area contributed by atoms with Crippen molar-refractivity contribution in [1.82, 2.24) is 10.2 Å². The molecule has 2 rings (SSSR count). The molecule has 0 amide bonds. The molecule has 0 bridgehead atoms. The molecule has 0 radical (unpaired) electrons. The van der Waals surface area contributed by atoms with Gasteiger partial charge in [0, 0.05) is 0 Å². The normalized spacial score (nSPS) is 10.3. The molecule has 15 heavy (non-hydrogen) atoms. The van der Waals surface area contributed by atoms with Gasteiger partial charge in [-0.25, -0.2) is 4.39 Å². The van der Waals surface area contributed by atoms with E-state index in [1.165, 1.54) is 12.1 Å². The average molecular weight is 310 g/mol. The third-order valence-electron chi connectivity index (χ3n) is 1.50. The number of hydrogen-bond acceptors (Lipinski definition) is 4. The summed E-state index contributed by atoms with van der Waals surface area (Å²) in [5.74, 6) is -0.573. The van der Waals surface area contributed by atoms with Gasteiger partial charge in [0.15, 0.2) is 15.5 Å². The van der Waals surface area contributed by atoms with Crippen LogP contribution in [-0.4, -0.2) is 10.2 Å². The lowest BCUT2D eigenvalue weighted by Gasteiger charge is -2.02. The monoisotopic (exact) mass is 308 g/mol. The van der Waals surface area contributed by atoms with Crippen LogP contribution in [-0.2, 0) is 0 Å². The Kier molecular flexibility index (Phi) is 3.18. The van der Waals surface area contributed by atoms with Crippen molar-refractivity contribution < 1.29 is 9.13 Å². The number of hydrogen-bond donors (Lipinski definition) is 0. The van der Waals surface area contributed by atoms with Gasteiger partial charge >= 0.3 is 0 Å². The molecule has 7 heteroatoms. The maximum absolute atomic E-state index is 13.4. The summed E-state index contributed by atoms with van der Waals surface area (Å²) in [6.45, 7) is 0. The molecule has 3 nitrogen and oxygen atoms in total. The predicted octanol–water partition coefficient (Wildman–Crippen LogP) is 3.89. The lowest BCUT2D eigenvalue weighted by molar-refractivity contribution is 0.436. The quantitative estimate of drug-likeness (QED) is 0.844. The Hall–Kier alpha value is -0.720. The molecule has 0 aliphatic rings. The van der Waals surface area contributed by atoms with Crippen LogP contribution in [0.25, 0.3) is 0 Å². The third kappa shape index (κ3) is 2.45. The van der Waals surface area contributed by atoms with E-state index in [2.05, 4.69) is 26.1 Å². The van der Waals surface area contributed by atoms with Gasteiger partial charge < -0.3 is 4.74 Å². The van der Waals surface area contributed by atoms with Crippen molar-refractivity contribution in [3.63, 3.8) is 0 Å². The van der Waals surface area contributed by atoms with E-state index in [4.69, 9.17) is 16.3 Å². The van der Waals surface area contributed by atoms with E-state index in [0.29, 0.717) is 3.92 Å². The predicted molar refractivity (Wildman–Crippen MR) is 59.1 cm³/mol. The molecule has 0 fully saturated rings. The highest BCUT2D eigenvalue weighted by Crippen LogP contribution is 2.31. The molecule has 1 aromatic carbocycles. The first kappa shape index (κ1) is 10.8. The first-order chi connectivity index (χ1) is 7.16. The number of nitrogens with zero attached hydrogens (tertiary/aromatic N) is 2. The van der Waals surface area contributed by atoms with Crippen LogP contribution in [0.5, 0.6) is 10.9 Å². The van der Waals surface area contributed by atoms with E-state index in [9.17, 15) is 4.39 Å². The van der Waals surface area contributed by atoms with Crippen molar-refractivity contribution in [2.75, 3.05) is 0 Å². The van der Waals surface area contributed by atoms with Gasteiger partial charge in [0.1, 0.15) is 0 Å². The van der Waals surface area contributed by atoms with Gasteiger partial charge in [-0.1, -0.05) is 22.8 Å². The van der Waals surface area contributed by atoms with Crippen LogP contribution in [0.4, 0.5) is 4.39 Å². The fourth-order valence-corrected chi connectivity index (χ4v) is 1.99. The van der Waals surface area contributed by atoms with Crippen LogP contribution >= 0.6 is 38.9 Å². The minimum absolute atomic E-state index is 0.0103. The molecule has 1 heterocycles. The van der Waals surface area contributed by atoms with Crippen LogP contribution in [0.2, 0.25) is 5.02 Å². The lowest BCUT2D eigenvalue weighted by atomic mass is 10.3. The molecule has 0 atom stereocenters. The van der Waals surface area contributed by atoms with E-state index in [0.717, 1.165) is 11.3 Å². The fourth-order valence-electron chi connectivity index (χ4n) is 0.891. The molecule has 78 valence electrons. The van der Waals surface area contributed by atoms with Crippen LogP contribution < -0.4 is 4.74 Å². The molecule has 2 aromatic rings. The van der Waals surface area contributed by atoms with Gasteiger partial charge in [-0.3, -0.25) is 0 Å². The summed E-state index contributed by atoms with van der Waals surface area (Å²) in [6, 6.07) is 4.51. The van der Waals surface area contributed by atoms with Crippen molar-refractivity contribution in [1.29, 1.82) is 0 Å². The summed E-state index contributed by atoms with van der Waals surface area (Å²) >= 11 is 9.87. The zero-order valence-corrected chi connectivity index (χ0v) is 10.2. The van der Waals surface area contributed by atoms with Crippen molar-refractivity contribution in [3.05, 3.63) is 33.0 Å². The second kappa shape index (κ2) is 4.42. The summed E-state index contributed by atoms with van der Waals surface area (Å²) in [5, 5.41) is 7.60. The van der Waals surface area contributed by atoms with Gasteiger partial charge in [0.05, 0.1) is 5.02 Å². The maximum atomic E-state index is 13.4. The summed E-state index contributed by atoms with van der Waals surface area (Å²) in [5.41, 5.74) is 0. The van der Waals surface area contributed by atoms with Gasteiger partial charge in [0.25, 0.3) is 5.19 Å². The topological polar surface area (TPSA) is 35.0 Å². The smallest absolute Gasteiger partial charge is 0.300 e. The number of aromatic nitrogens is 2. The number of halogens is 3. The van der Waals surface area contributed by atoms with Crippen molar-refractivity contribution in [2.45, 2.75) is 0 Å². The highest BCUT2D eigenvalue weighted by molar-refractivity contribution is 9.11. The van der Waals surface area contributed by atoms with Crippen molar-refractivity contribution >= 4 is 38.9 Å². The van der Waals surface area contributed by atoms with Gasteiger partial charge in [0.2, 0.25) is 0 Å². The number of rotatable bonds is 2. The Morgan fingerprint density at radius 3 is 2.87 bits per heavy atom. The summed E-state index contributed by atoms with van der Waals surface area (Å²) < 4.78 is 19.1. The molecule has 0 spiro atoms. The first-order valence-corrected chi connectivity index (χ1v) is 5.76. The largest absolute Gasteiger partial charge is 0.427 e. The second-order valence-electron chi connectivity index (χ2n) is 2.47. The summed E-state index contributed by atoms with van der Waals surface area (Å²) in [7, 11) is 0. The zero-order valence-electron chi connectivity index (χ0n) is 7.08. The van der Waals surface area contributed by atoms with Crippen LogP contribution in [0.3, 0.4) is 0 Å². The van der Waals surface area contributed by atoms with E-state index >= 15 is 0 Å². The highest BCUT2D eigenvalue weighted by atomic mass is 79.9.